The van der Waals surface area contributed by atoms with Crippen LogP contribution in [-0.2, 0) is 4.79 Å². The average Bonchev–Trinajstić information content (AvgIpc) is 2.61. The van der Waals surface area contributed by atoms with Crippen molar-refractivity contribution in [3.8, 4) is 0 Å². The molecule has 2 heterocycles. The highest BCUT2D eigenvalue weighted by Gasteiger charge is 2.42. The molecule has 0 aliphatic carbocycles. The number of halogens is 4. The second kappa shape index (κ2) is 4.10. The lowest BCUT2D eigenvalue weighted by Gasteiger charge is -2.09. The van der Waals surface area contributed by atoms with E-state index in [4.69, 9.17) is 0 Å². The van der Waals surface area contributed by atoms with E-state index < -0.39 is 24.2 Å². The predicted octanol–water partition coefficient (Wildman–Crippen LogP) is 2.50. The summed E-state index contributed by atoms with van der Waals surface area (Å²) in [5.74, 6) is -0.676. The summed E-state index contributed by atoms with van der Waals surface area (Å²) in [4.78, 5) is 15.2. The van der Waals surface area contributed by atoms with E-state index in [0.717, 1.165) is 0 Å². The van der Waals surface area contributed by atoms with E-state index >= 15 is 0 Å². The Morgan fingerprint density at radius 2 is 2.06 bits per heavy atom. The van der Waals surface area contributed by atoms with E-state index in [1.807, 2.05) is 0 Å². The SMILES string of the molecule is O=C1CC(C(F)(F)F)=NN1c1ccc(Br)cn1. The van der Waals surface area contributed by atoms with Crippen LogP contribution in [0.4, 0.5) is 19.0 Å². The van der Waals surface area contributed by atoms with Gasteiger partial charge >= 0.3 is 6.18 Å². The summed E-state index contributed by atoms with van der Waals surface area (Å²) in [7, 11) is 0. The molecule has 0 atom stereocenters. The smallest absolute Gasteiger partial charge is 0.272 e. The van der Waals surface area contributed by atoms with Crippen molar-refractivity contribution in [2.24, 2.45) is 5.10 Å². The van der Waals surface area contributed by atoms with Crippen LogP contribution in [0.1, 0.15) is 6.42 Å². The van der Waals surface area contributed by atoms with E-state index in [-0.39, 0.29) is 5.82 Å². The van der Waals surface area contributed by atoms with Crippen LogP contribution < -0.4 is 5.01 Å². The van der Waals surface area contributed by atoms with Gasteiger partial charge in [-0.3, -0.25) is 4.79 Å². The van der Waals surface area contributed by atoms with E-state index in [2.05, 4.69) is 26.0 Å². The topological polar surface area (TPSA) is 45.6 Å². The number of alkyl halides is 3. The maximum absolute atomic E-state index is 12.3. The van der Waals surface area contributed by atoms with Crippen molar-refractivity contribution >= 4 is 33.4 Å². The number of pyridine rings is 1. The van der Waals surface area contributed by atoms with Gasteiger partial charge in [0.15, 0.2) is 11.5 Å². The number of amides is 1. The van der Waals surface area contributed by atoms with Gasteiger partial charge in [-0.15, -0.1) is 0 Å². The van der Waals surface area contributed by atoms with Crippen LogP contribution in [0.5, 0.6) is 0 Å². The highest BCUT2D eigenvalue weighted by atomic mass is 79.9. The lowest BCUT2D eigenvalue weighted by molar-refractivity contribution is -0.117. The molecule has 0 spiro atoms. The molecule has 1 amide bonds. The highest BCUT2D eigenvalue weighted by Crippen LogP contribution is 2.27. The standard InChI is InChI=1S/C9H5BrF3N3O/c10-5-1-2-7(14-4-5)16-8(17)3-6(15-16)9(11,12)13/h1-2,4H,3H2. The number of carbonyl (C=O) groups excluding carboxylic acids is 1. The fourth-order valence-corrected chi connectivity index (χ4v) is 1.49. The summed E-state index contributed by atoms with van der Waals surface area (Å²) in [5.41, 5.74) is -1.10. The minimum Gasteiger partial charge on any atom is -0.272 e. The minimum absolute atomic E-state index is 0.0671. The molecule has 8 heteroatoms. The van der Waals surface area contributed by atoms with Gasteiger partial charge in [-0.05, 0) is 28.1 Å². The van der Waals surface area contributed by atoms with Gasteiger partial charge in [0.25, 0.3) is 5.91 Å². The Morgan fingerprint density at radius 3 is 2.53 bits per heavy atom. The largest absolute Gasteiger partial charge is 0.431 e. The monoisotopic (exact) mass is 307 g/mol. The van der Waals surface area contributed by atoms with Gasteiger partial charge in [-0.2, -0.15) is 23.3 Å². The first-order valence-corrected chi connectivity index (χ1v) is 5.26. The van der Waals surface area contributed by atoms with Crippen molar-refractivity contribution in [3.05, 3.63) is 22.8 Å². The fourth-order valence-electron chi connectivity index (χ4n) is 1.26. The predicted molar refractivity (Wildman–Crippen MR) is 57.5 cm³/mol. The molecule has 4 nitrogen and oxygen atoms in total. The van der Waals surface area contributed by atoms with Crippen molar-refractivity contribution in [3.63, 3.8) is 0 Å². The van der Waals surface area contributed by atoms with Gasteiger partial charge in [-0.25, -0.2) is 4.98 Å². The minimum atomic E-state index is -4.58. The number of carbonyl (C=O) groups is 1. The van der Waals surface area contributed by atoms with Gasteiger partial charge in [0.05, 0.1) is 6.42 Å². The highest BCUT2D eigenvalue weighted by molar-refractivity contribution is 9.10. The first-order valence-electron chi connectivity index (χ1n) is 4.47. The maximum atomic E-state index is 12.3. The molecule has 1 aromatic heterocycles. The van der Waals surface area contributed by atoms with Gasteiger partial charge in [0.1, 0.15) is 0 Å². The Hall–Kier alpha value is -1.44. The molecule has 0 unspecified atom stereocenters. The molecule has 0 saturated carbocycles. The van der Waals surface area contributed by atoms with Crippen LogP contribution in [-0.4, -0.2) is 22.8 Å². The normalized spacial score (nSPS) is 16.4. The summed E-state index contributed by atoms with van der Waals surface area (Å²) in [6.07, 6.45) is -3.95. The number of hydrogen-bond acceptors (Lipinski definition) is 3. The van der Waals surface area contributed by atoms with E-state index in [9.17, 15) is 18.0 Å². The van der Waals surface area contributed by atoms with Gasteiger partial charge < -0.3 is 0 Å². The molecule has 17 heavy (non-hydrogen) atoms. The van der Waals surface area contributed by atoms with Crippen LogP contribution in [0, 0.1) is 0 Å². The van der Waals surface area contributed by atoms with Gasteiger partial charge in [0, 0.05) is 10.7 Å². The quantitative estimate of drug-likeness (QED) is 0.800. The molecule has 1 aromatic rings. The molecule has 0 fully saturated rings. The molecule has 0 saturated heterocycles. The Bertz CT molecular complexity index is 483. The molecular formula is C9H5BrF3N3O. The van der Waals surface area contributed by atoms with E-state index in [1.54, 1.807) is 6.07 Å². The Labute approximate surface area is 102 Å². The van der Waals surface area contributed by atoms with E-state index in [1.165, 1.54) is 12.3 Å². The van der Waals surface area contributed by atoms with Crippen LogP contribution in [0.3, 0.4) is 0 Å². The summed E-state index contributed by atoms with van der Waals surface area (Å²) < 4.78 is 37.7. The molecule has 0 aromatic carbocycles. The second-order valence-corrected chi connectivity index (χ2v) is 4.18. The fraction of sp³-hybridized carbons (Fsp3) is 0.222. The van der Waals surface area contributed by atoms with Crippen molar-refractivity contribution in [1.29, 1.82) is 0 Å². The van der Waals surface area contributed by atoms with Crippen LogP contribution >= 0.6 is 15.9 Å². The third-order valence-corrected chi connectivity index (χ3v) is 2.50. The summed E-state index contributed by atoms with van der Waals surface area (Å²) in [6.45, 7) is 0. The zero-order valence-corrected chi connectivity index (χ0v) is 9.79. The van der Waals surface area contributed by atoms with Crippen LogP contribution in [0.2, 0.25) is 0 Å². The van der Waals surface area contributed by atoms with Crippen LogP contribution in [0.15, 0.2) is 27.9 Å². The molecule has 1 aliphatic heterocycles. The number of anilines is 1. The Morgan fingerprint density at radius 1 is 1.35 bits per heavy atom. The molecular weight excluding hydrogens is 303 g/mol. The first-order chi connectivity index (χ1) is 7.88. The molecule has 90 valence electrons. The first kappa shape index (κ1) is 12.0. The average molecular weight is 308 g/mol. The van der Waals surface area contributed by atoms with E-state index in [0.29, 0.717) is 9.48 Å². The number of nitrogens with zero attached hydrogens (tertiary/aromatic N) is 3. The zero-order valence-electron chi connectivity index (χ0n) is 8.20. The lowest BCUT2D eigenvalue weighted by atomic mass is 10.2. The Balaban J connectivity index is 2.31. The molecule has 0 N–H and O–H groups in total. The maximum Gasteiger partial charge on any atom is 0.431 e. The summed E-state index contributed by atoms with van der Waals surface area (Å²) in [6, 6.07) is 2.97. The number of hydrogen-bond donors (Lipinski definition) is 0. The summed E-state index contributed by atoms with van der Waals surface area (Å²) >= 11 is 3.13. The van der Waals surface area contributed by atoms with Crippen molar-refractivity contribution < 1.29 is 18.0 Å². The zero-order chi connectivity index (χ0) is 12.6. The van der Waals surface area contributed by atoms with Gasteiger partial charge in [0.2, 0.25) is 0 Å². The van der Waals surface area contributed by atoms with Crippen molar-refractivity contribution in [2.45, 2.75) is 12.6 Å². The van der Waals surface area contributed by atoms with Crippen molar-refractivity contribution in [1.82, 2.24) is 4.98 Å². The third-order valence-electron chi connectivity index (χ3n) is 2.03. The number of rotatable bonds is 1. The summed E-state index contributed by atoms with van der Waals surface area (Å²) in [5, 5.41) is 3.90. The second-order valence-electron chi connectivity index (χ2n) is 3.26. The molecule has 0 bridgehead atoms. The Kier molecular flexibility index (Phi) is 2.90. The number of aromatic nitrogens is 1. The third kappa shape index (κ3) is 2.46. The molecule has 1 aliphatic rings. The number of hydrazone groups is 1. The lowest BCUT2D eigenvalue weighted by Crippen LogP contribution is -2.22. The molecule has 2 rings (SSSR count). The molecule has 0 radical (unpaired) electrons. The van der Waals surface area contributed by atoms with Crippen molar-refractivity contribution in [2.75, 3.05) is 5.01 Å². The van der Waals surface area contributed by atoms with Crippen LogP contribution in [0.25, 0.3) is 0 Å². The van der Waals surface area contributed by atoms with Gasteiger partial charge in [-0.1, -0.05) is 0 Å².